The first-order chi connectivity index (χ1) is 10.7. The summed E-state index contributed by atoms with van der Waals surface area (Å²) in [5.41, 5.74) is 1.47. The Balaban J connectivity index is 1.50. The normalized spacial score (nSPS) is 17.2. The third kappa shape index (κ3) is 3.95. The second kappa shape index (κ2) is 7.05. The highest BCUT2D eigenvalue weighted by Gasteiger charge is 2.22. The van der Waals surface area contributed by atoms with E-state index in [4.69, 9.17) is 4.52 Å². The van der Waals surface area contributed by atoms with Gasteiger partial charge in [0.2, 0.25) is 5.89 Å². The Bertz CT molecular complexity index is 571. The van der Waals surface area contributed by atoms with E-state index in [1.807, 2.05) is 0 Å². The van der Waals surface area contributed by atoms with Crippen LogP contribution in [0.4, 0.5) is 0 Å². The van der Waals surface area contributed by atoms with E-state index in [0.717, 1.165) is 37.8 Å². The Morgan fingerprint density at radius 3 is 2.59 bits per heavy atom. The molecule has 0 atom stereocenters. The predicted octanol–water partition coefficient (Wildman–Crippen LogP) is 3.65. The number of likely N-dealkylation sites (tertiary alicyclic amines) is 1. The molecule has 1 aliphatic heterocycles. The molecule has 1 aromatic heterocycles. The molecule has 0 spiro atoms. The number of benzene rings is 1. The van der Waals surface area contributed by atoms with Gasteiger partial charge in [-0.05, 0) is 43.3 Å². The second-order valence-electron chi connectivity index (χ2n) is 6.66. The minimum Gasteiger partial charge on any atom is -0.338 e. The van der Waals surface area contributed by atoms with E-state index in [1.165, 1.54) is 18.4 Å². The van der Waals surface area contributed by atoms with Crippen molar-refractivity contribution in [1.29, 1.82) is 0 Å². The van der Waals surface area contributed by atoms with Gasteiger partial charge in [-0.1, -0.05) is 49.3 Å². The van der Waals surface area contributed by atoms with Crippen molar-refractivity contribution in [3.63, 3.8) is 0 Å². The molecule has 0 aliphatic carbocycles. The quantitative estimate of drug-likeness (QED) is 0.845. The van der Waals surface area contributed by atoms with Crippen molar-refractivity contribution in [2.45, 2.75) is 45.6 Å². The number of hydrogen-bond acceptors (Lipinski definition) is 4. The lowest BCUT2D eigenvalue weighted by Gasteiger charge is -2.31. The minimum absolute atomic E-state index is 0.562. The molecule has 0 bridgehead atoms. The maximum absolute atomic E-state index is 5.38. The van der Waals surface area contributed by atoms with Crippen LogP contribution in [-0.2, 0) is 13.0 Å². The maximum Gasteiger partial charge on any atom is 0.240 e. The molecule has 1 aliphatic rings. The Labute approximate surface area is 132 Å². The van der Waals surface area contributed by atoms with Crippen LogP contribution in [0.5, 0.6) is 0 Å². The molecular weight excluding hydrogens is 274 g/mol. The molecule has 1 aromatic carbocycles. The number of hydrogen-bond donors (Lipinski definition) is 0. The average molecular weight is 299 g/mol. The minimum atomic E-state index is 0.562. The fourth-order valence-electron chi connectivity index (χ4n) is 3.14. The zero-order valence-corrected chi connectivity index (χ0v) is 13.5. The molecular formula is C18H25N3O. The summed E-state index contributed by atoms with van der Waals surface area (Å²) in [5, 5.41) is 4.07. The van der Waals surface area contributed by atoms with Crippen LogP contribution in [0.1, 0.15) is 49.9 Å². The highest BCUT2D eigenvalue weighted by atomic mass is 16.5. The van der Waals surface area contributed by atoms with E-state index in [9.17, 15) is 0 Å². The molecule has 22 heavy (non-hydrogen) atoms. The van der Waals surface area contributed by atoms with E-state index in [-0.39, 0.29) is 0 Å². The van der Waals surface area contributed by atoms with Gasteiger partial charge in [-0.25, -0.2) is 0 Å². The highest BCUT2D eigenvalue weighted by molar-refractivity contribution is 5.20. The van der Waals surface area contributed by atoms with Gasteiger partial charge in [0.1, 0.15) is 0 Å². The van der Waals surface area contributed by atoms with Crippen molar-refractivity contribution in [3.8, 4) is 0 Å². The van der Waals surface area contributed by atoms with Gasteiger partial charge in [0.05, 0.1) is 6.54 Å². The van der Waals surface area contributed by atoms with Crippen molar-refractivity contribution >= 4 is 0 Å². The third-order valence-electron chi connectivity index (χ3n) is 4.32. The van der Waals surface area contributed by atoms with Crippen LogP contribution in [-0.4, -0.2) is 28.1 Å². The zero-order chi connectivity index (χ0) is 15.4. The van der Waals surface area contributed by atoms with Crippen LogP contribution in [0.25, 0.3) is 0 Å². The fourth-order valence-corrected chi connectivity index (χ4v) is 3.14. The molecule has 2 heterocycles. The molecule has 3 rings (SSSR count). The molecule has 1 fully saturated rings. The average Bonchev–Trinajstić information content (AvgIpc) is 2.95. The van der Waals surface area contributed by atoms with Gasteiger partial charge in [-0.15, -0.1) is 0 Å². The summed E-state index contributed by atoms with van der Waals surface area (Å²) in [6.45, 7) is 7.32. The first-order valence-electron chi connectivity index (χ1n) is 8.29. The summed E-state index contributed by atoms with van der Waals surface area (Å²) < 4.78 is 5.38. The molecule has 118 valence electrons. The van der Waals surface area contributed by atoms with Gasteiger partial charge in [0.15, 0.2) is 5.82 Å². The smallest absolute Gasteiger partial charge is 0.240 e. The van der Waals surface area contributed by atoms with Crippen molar-refractivity contribution in [2.24, 2.45) is 5.92 Å². The van der Waals surface area contributed by atoms with E-state index in [2.05, 4.69) is 59.2 Å². The number of rotatable bonds is 5. The van der Waals surface area contributed by atoms with Crippen LogP contribution in [0.2, 0.25) is 0 Å². The molecule has 1 saturated heterocycles. The number of aromatic nitrogens is 2. The molecule has 2 aromatic rings. The first-order valence-corrected chi connectivity index (χ1v) is 8.29. The zero-order valence-electron chi connectivity index (χ0n) is 13.5. The molecule has 4 nitrogen and oxygen atoms in total. The number of piperidine rings is 1. The van der Waals surface area contributed by atoms with Crippen LogP contribution in [0.15, 0.2) is 34.9 Å². The molecule has 0 N–H and O–H groups in total. The summed E-state index contributed by atoms with van der Waals surface area (Å²) in [5.74, 6) is 2.85. The molecule has 0 saturated carbocycles. The van der Waals surface area contributed by atoms with Crippen LogP contribution in [0, 0.1) is 5.92 Å². The van der Waals surface area contributed by atoms with Gasteiger partial charge in [0.25, 0.3) is 0 Å². The lowest BCUT2D eigenvalue weighted by Crippen LogP contribution is -2.32. The van der Waals surface area contributed by atoms with Gasteiger partial charge >= 0.3 is 0 Å². The maximum atomic E-state index is 5.38. The SMILES string of the molecule is CC(C)Cc1noc(CN2CCC(c3ccccc3)CC2)n1. The summed E-state index contributed by atoms with van der Waals surface area (Å²) in [7, 11) is 0. The lowest BCUT2D eigenvalue weighted by molar-refractivity contribution is 0.181. The van der Waals surface area contributed by atoms with Crippen LogP contribution < -0.4 is 0 Å². The largest absolute Gasteiger partial charge is 0.338 e. The topological polar surface area (TPSA) is 42.2 Å². The summed E-state index contributed by atoms with van der Waals surface area (Å²) >= 11 is 0. The van der Waals surface area contributed by atoms with Crippen molar-refractivity contribution < 1.29 is 4.52 Å². The van der Waals surface area contributed by atoms with Crippen molar-refractivity contribution in [3.05, 3.63) is 47.6 Å². The Morgan fingerprint density at radius 1 is 1.18 bits per heavy atom. The molecule has 0 unspecified atom stereocenters. The molecule has 0 amide bonds. The standard InChI is InChI=1S/C18H25N3O/c1-14(2)12-17-19-18(22-20-17)13-21-10-8-16(9-11-21)15-6-4-3-5-7-15/h3-7,14,16H,8-13H2,1-2H3. The van der Waals surface area contributed by atoms with E-state index in [1.54, 1.807) is 0 Å². The summed E-state index contributed by atoms with van der Waals surface area (Å²) in [6.07, 6.45) is 3.30. The number of nitrogens with zero attached hydrogens (tertiary/aromatic N) is 3. The summed E-state index contributed by atoms with van der Waals surface area (Å²) in [4.78, 5) is 6.92. The Hall–Kier alpha value is -1.68. The summed E-state index contributed by atoms with van der Waals surface area (Å²) in [6, 6.07) is 10.8. The van der Waals surface area contributed by atoms with E-state index >= 15 is 0 Å². The first kappa shape index (κ1) is 15.2. The third-order valence-corrected chi connectivity index (χ3v) is 4.32. The van der Waals surface area contributed by atoms with Crippen molar-refractivity contribution in [2.75, 3.05) is 13.1 Å². The molecule has 0 radical (unpaired) electrons. The Morgan fingerprint density at radius 2 is 1.91 bits per heavy atom. The van der Waals surface area contributed by atoms with Gasteiger partial charge in [-0.2, -0.15) is 4.98 Å². The van der Waals surface area contributed by atoms with E-state index in [0.29, 0.717) is 11.8 Å². The molecule has 4 heteroatoms. The fraction of sp³-hybridized carbons (Fsp3) is 0.556. The second-order valence-corrected chi connectivity index (χ2v) is 6.66. The van der Waals surface area contributed by atoms with Gasteiger partial charge in [-0.3, -0.25) is 4.90 Å². The highest BCUT2D eigenvalue weighted by Crippen LogP contribution is 2.28. The van der Waals surface area contributed by atoms with Crippen molar-refractivity contribution in [1.82, 2.24) is 15.0 Å². The monoisotopic (exact) mass is 299 g/mol. The Kier molecular flexibility index (Phi) is 4.88. The van der Waals surface area contributed by atoms with E-state index < -0.39 is 0 Å². The lowest BCUT2D eigenvalue weighted by atomic mass is 9.89. The van der Waals surface area contributed by atoms with Crippen LogP contribution >= 0.6 is 0 Å². The van der Waals surface area contributed by atoms with Gasteiger partial charge < -0.3 is 4.52 Å². The predicted molar refractivity (Wildman–Crippen MR) is 86.5 cm³/mol. The van der Waals surface area contributed by atoms with Crippen LogP contribution in [0.3, 0.4) is 0 Å². The van der Waals surface area contributed by atoms with Gasteiger partial charge in [0, 0.05) is 6.42 Å².